The molecular weight excluding hydrogens is 361 g/mol. The van der Waals surface area contributed by atoms with Crippen LogP contribution < -0.4 is 0 Å². The average molecular weight is 384 g/mol. The molecule has 0 saturated carbocycles. The standard InChI is InChI=1S/C19H23F3N2O3/c1-18(2,3)27-17(26)24-12-6-7-13(24)10-11(9-12)15(25)14-5-4-8-23-16(14)19(20,21)22/h4-5,8,11-13H,6-7,9-10H2,1-3H3. The summed E-state index contributed by atoms with van der Waals surface area (Å²) in [7, 11) is 0. The van der Waals surface area contributed by atoms with Crippen molar-refractivity contribution in [2.45, 2.75) is 70.3 Å². The second-order valence-corrected chi connectivity index (χ2v) is 8.20. The number of hydrogen-bond donors (Lipinski definition) is 0. The number of carbonyl (C=O) groups excluding carboxylic acids is 2. The zero-order valence-corrected chi connectivity index (χ0v) is 15.5. The first-order valence-corrected chi connectivity index (χ1v) is 9.05. The van der Waals surface area contributed by atoms with Crippen molar-refractivity contribution in [2.24, 2.45) is 5.92 Å². The number of ether oxygens (including phenoxy) is 1. The van der Waals surface area contributed by atoms with Crippen LogP contribution in [0.4, 0.5) is 18.0 Å². The summed E-state index contributed by atoms with van der Waals surface area (Å²) in [5, 5.41) is 0. The van der Waals surface area contributed by atoms with E-state index in [-0.39, 0.29) is 17.6 Å². The zero-order valence-electron chi connectivity index (χ0n) is 15.5. The summed E-state index contributed by atoms with van der Waals surface area (Å²) < 4.78 is 45.0. The lowest BCUT2D eigenvalue weighted by Crippen LogP contribution is -2.49. The Morgan fingerprint density at radius 2 is 1.74 bits per heavy atom. The molecule has 27 heavy (non-hydrogen) atoms. The number of fused-ring (bicyclic) bond motifs is 2. The predicted molar refractivity (Wildman–Crippen MR) is 91.2 cm³/mol. The minimum Gasteiger partial charge on any atom is -0.444 e. The Hall–Kier alpha value is -2.12. The summed E-state index contributed by atoms with van der Waals surface area (Å²) in [5.41, 5.74) is -2.16. The molecule has 2 aliphatic rings. The van der Waals surface area contributed by atoms with Crippen LogP contribution in [-0.4, -0.2) is 39.4 Å². The van der Waals surface area contributed by atoms with Crippen molar-refractivity contribution < 1.29 is 27.5 Å². The van der Waals surface area contributed by atoms with Crippen LogP contribution in [0.1, 0.15) is 62.5 Å². The number of ketones is 1. The fraction of sp³-hybridized carbons (Fsp3) is 0.632. The predicted octanol–water partition coefficient (Wildman–Crippen LogP) is 4.46. The Labute approximate surface area is 155 Å². The van der Waals surface area contributed by atoms with Crippen molar-refractivity contribution >= 4 is 11.9 Å². The molecule has 0 aromatic carbocycles. The Morgan fingerprint density at radius 3 is 2.26 bits per heavy atom. The van der Waals surface area contributed by atoms with E-state index in [0.29, 0.717) is 12.8 Å². The van der Waals surface area contributed by atoms with Gasteiger partial charge in [0.15, 0.2) is 11.5 Å². The Kier molecular flexibility index (Phi) is 4.94. The highest BCUT2D eigenvalue weighted by Gasteiger charge is 2.47. The van der Waals surface area contributed by atoms with Gasteiger partial charge in [-0.15, -0.1) is 0 Å². The number of piperidine rings is 1. The van der Waals surface area contributed by atoms with Gasteiger partial charge < -0.3 is 9.64 Å². The van der Waals surface area contributed by atoms with Crippen LogP contribution in [0.15, 0.2) is 18.3 Å². The van der Waals surface area contributed by atoms with E-state index < -0.39 is 35.3 Å². The number of pyridine rings is 1. The normalized spacial score (nSPS) is 25.4. The summed E-state index contributed by atoms with van der Waals surface area (Å²) in [4.78, 5) is 30.3. The number of carbonyl (C=O) groups is 2. The van der Waals surface area contributed by atoms with Crippen LogP contribution in [0.25, 0.3) is 0 Å². The molecular formula is C19H23F3N2O3. The van der Waals surface area contributed by atoms with E-state index in [1.54, 1.807) is 25.7 Å². The molecule has 1 aromatic heterocycles. The molecule has 2 saturated heterocycles. The fourth-order valence-corrected chi connectivity index (χ4v) is 4.05. The van der Waals surface area contributed by atoms with E-state index in [1.807, 2.05) is 0 Å². The maximum absolute atomic E-state index is 13.2. The van der Waals surface area contributed by atoms with Gasteiger partial charge >= 0.3 is 12.3 Å². The minimum absolute atomic E-state index is 0.182. The number of nitrogens with zero attached hydrogens (tertiary/aromatic N) is 2. The molecule has 2 bridgehead atoms. The van der Waals surface area contributed by atoms with E-state index in [9.17, 15) is 22.8 Å². The molecule has 3 heterocycles. The molecule has 5 nitrogen and oxygen atoms in total. The summed E-state index contributed by atoms with van der Waals surface area (Å²) in [5.74, 6) is -1.09. The van der Waals surface area contributed by atoms with Gasteiger partial charge in [-0.25, -0.2) is 4.79 Å². The molecule has 0 spiro atoms. The smallest absolute Gasteiger partial charge is 0.434 e. The van der Waals surface area contributed by atoms with Crippen LogP contribution in [0, 0.1) is 5.92 Å². The lowest BCUT2D eigenvalue weighted by molar-refractivity contribution is -0.141. The highest BCUT2D eigenvalue weighted by atomic mass is 19.4. The van der Waals surface area contributed by atoms with Crippen molar-refractivity contribution in [3.8, 4) is 0 Å². The van der Waals surface area contributed by atoms with Gasteiger partial charge in [-0.2, -0.15) is 13.2 Å². The summed E-state index contributed by atoms with van der Waals surface area (Å²) in [6, 6.07) is 2.16. The topological polar surface area (TPSA) is 59.5 Å². The summed E-state index contributed by atoms with van der Waals surface area (Å²) >= 11 is 0. The Morgan fingerprint density at radius 1 is 1.15 bits per heavy atom. The maximum atomic E-state index is 13.2. The Balaban J connectivity index is 1.78. The second kappa shape index (κ2) is 6.80. The SMILES string of the molecule is CC(C)(C)OC(=O)N1C2CCC1CC(C(=O)c1cccnc1C(F)(F)F)C2. The van der Waals surface area contributed by atoms with Gasteiger partial charge in [0.05, 0.1) is 0 Å². The molecule has 3 rings (SSSR count). The second-order valence-electron chi connectivity index (χ2n) is 8.20. The molecule has 2 unspecified atom stereocenters. The van der Waals surface area contributed by atoms with Crippen LogP contribution in [-0.2, 0) is 10.9 Å². The third-order valence-electron chi connectivity index (χ3n) is 5.05. The van der Waals surface area contributed by atoms with Gasteiger partial charge in [0.1, 0.15) is 5.60 Å². The van der Waals surface area contributed by atoms with E-state index >= 15 is 0 Å². The van der Waals surface area contributed by atoms with Crippen molar-refractivity contribution in [1.82, 2.24) is 9.88 Å². The zero-order chi connectivity index (χ0) is 20.0. The number of rotatable bonds is 2. The van der Waals surface area contributed by atoms with Crippen LogP contribution in [0.3, 0.4) is 0 Å². The molecule has 0 radical (unpaired) electrons. The van der Waals surface area contributed by atoms with Gasteiger partial charge in [0, 0.05) is 29.8 Å². The molecule has 1 amide bonds. The third kappa shape index (κ3) is 4.09. The summed E-state index contributed by atoms with van der Waals surface area (Å²) in [6.07, 6.45) is -1.91. The molecule has 2 aliphatic heterocycles. The van der Waals surface area contributed by atoms with Crippen molar-refractivity contribution in [3.05, 3.63) is 29.6 Å². The van der Waals surface area contributed by atoms with Crippen molar-refractivity contribution in [3.63, 3.8) is 0 Å². The largest absolute Gasteiger partial charge is 0.444 e. The third-order valence-corrected chi connectivity index (χ3v) is 5.05. The molecule has 0 aliphatic carbocycles. The number of hydrogen-bond acceptors (Lipinski definition) is 4. The quantitative estimate of drug-likeness (QED) is 0.707. The fourth-order valence-electron chi connectivity index (χ4n) is 4.05. The number of alkyl halides is 3. The molecule has 8 heteroatoms. The van der Waals surface area contributed by atoms with Gasteiger partial charge in [0.25, 0.3) is 0 Å². The Bertz CT molecular complexity index is 728. The average Bonchev–Trinajstić information content (AvgIpc) is 2.82. The number of aromatic nitrogens is 1. The molecule has 0 N–H and O–H groups in total. The van der Waals surface area contributed by atoms with Gasteiger partial charge in [0.2, 0.25) is 0 Å². The summed E-state index contributed by atoms with van der Waals surface area (Å²) in [6.45, 7) is 5.35. The maximum Gasteiger partial charge on any atom is 0.434 e. The lowest BCUT2D eigenvalue weighted by Gasteiger charge is -2.39. The van der Waals surface area contributed by atoms with Crippen molar-refractivity contribution in [2.75, 3.05) is 0 Å². The van der Waals surface area contributed by atoms with Crippen LogP contribution in [0.5, 0.6) is 0 Å². The first-order valence-electron chi connectivity index (χ1n) is 9.05. The molecule has 148 valence electrons. The monoisotopic (exact) mass is 384 g/mol. The van der Waals surface area contributed by atoms with E-state index in [2.05, 4.69) is 4.98 Å². The van der Waals surface area contributed by atoms with E-state index in [0.717, 1.165) is 19.0 Å². The van der Waals surface area contributed by atoms with E-state index in [4.69, 9.17) is 4.74 Å². The first kappa shape index (κ1) is 19.6. The van der Waals surface area contributed by atoms with Crippen LogP contribution >= 0.6 is 0 Å². The minimum atomic E-state index is -4.68. The highest BCUT2D eigenvalue weighted by Crippen LogP contribution is 2.41. The molecule has 1 aromatic rings. The number of halogens is 3. The number of amides is 1. The molecule has 2 fully saturated rings. The van der Waals surface area contributed by atoms with Crippen LogP contribution in [0.2, 0.25) is 0 Å². The highest BCUT2D eigenvalue weighted by molar-refractivity contribution is 5.99. The van der Waals surface area contributed by atoms with E-state index in [1.165, 1.54) is 12.1 Å². The van der Waals surface area contributed by atoms with Gasteiger partial charge in [-0.1, -0.05) is 0 Å². The number of Topliss-reactive ketones (excluding diaryl/α,β-unsaturated/α-hetero) is 1. The first-order chi connectivity index (χ1) is 12.5. The lowest BCUT2D eigenvalue weighted by atomic mass is 9.84. The van der Waals surface area contributed by atoms with Gasteiger partial charge in [-0.05, 0) is 58.6 Å². The van der Waals surface area contributed by atoms with Gasteiger partial charge in [-0.3, -0.25) is 9.78 Å². The van der Waals surface area contributed by atoms with Crippen molar-refractivity contribution in [1.29, 1.82) is 0 Å². The molecule has 2 atom stereocenters.